The molecular weight excluding hydrogens is 209 g/mol. The molecule has 0 fully saturated rings. The molecule has 1 rings (SSSR count). The SMILES string of the molecule is CC(=Cc1cc(F)c(F)c(F)c1)C(=O)O. The van der Waals surface area contributed by atoms with Gasteiger partial charge in [-0.15, -0.1) is 0 Å². The van der Waals surface area contributed by atoms with Gasteiger partial charge < -0.3 is 5.11 Å². The summed E-state index contributed by atoms with van der Waals surface area (Å²) in [6, 6.07) is 1.45. The monoisotopic (exact) mass is 216 g/mol. The van der Waals surface area contributed by atoms with E-state index in [1.54, 1.807) is 0 Å². The minimum absolute atomic E-state index is 0.0358. The molecule has 0 saturated carbocycles. The molecular formula is C10H7F3O2. The lowest BCUT2D eigenvalue weighted by Crippen LogP contribution is -1.97. The molecule has 15 heavy (non-hydrogen) atoms. The Morgan fingerprint density at radius 2 is 1.73 bits per heavy atom. The summed E-state index contributed by atoms with van der Waals surface area (Å²) in [5.74, 6) is -5.47. The fourth-order valence-corrected chi connectivity index (χ4v) is 0.970. The van der Waals surface area contributed by atoms with Crippen molar-refractivity contribution in [3.05, 3.63) is 40.7 Å². The van der Waals surface area contributed by atoms with Crippen LogP contribution in [0.4, 0.5) is 13.2 Å². The summed E-state index contributed by atoms with van der Waals surface area (Å²) < 4.78 is 37.9. The number of aliphatic carboxylic acids is 1. The molecule has 0 aliphatic rings. The number of carboxylic acid groups (broad SMARTS) is 1. The highest BCUT2D eigenvalue weighted by Gasteiger charge is 2.10. The van der Waals surface area contributed by atoms with Crippen LogP contribution >= 0.6 is 0 Å². The van der Waals surface area contributed by atoms with Crippen molar-refractivity contribution in [2.24, 2.45) is 0 Å². The standard InChI is InChI=1S/C10H7F3O2/c1-5(10(14)15)2-6-3-7(11)9(13)8(12)4-6/h2-4H,1H3,(H,14,15). The molecule has 1 aromatic carbocycles. The van der Waals surface area contributed by atoms with E-state index in [9.17, 15) is 18.0 Å². The predicted molar refractivity (Wildman–Crippen MR) is 47.6 cm³/mol. The van der Waals surface area contributed by atoms with Crippen molar-refractivity contribution in [2.75, 3.05) is 0 Å². The first-order valence-electron chi connectivity index (χ1n) is 3.98. The van der Waals surface area contributed by atoms with Crippen molar-refractivity contribution in [3.63, 3.8) is 0 Å². The Morgan fingerprint density at radius 1 is 1.27 bits per heavy atom. The fraction of sp³-hybridized carbons (Fsp3) is 0.100. The van der Waals surface area contributed by atoms with Crippen molar-refractivity contribution < 1.29 is 23.1 Å². The molecule has 0 amide bonds. The van der Waals surface area contributed by atoms with Crippen LogP contribution in [0.5, 0.6) is 0 Å². The van der Waals surface area contributed by atoms with Gasteiger partial charge >= 0.3 is 5.97 Å². The highest BCUT2D eigenvalue weighted by molar-refractivity contribution is 5.91. The third-order valence-corrected chi connectivity index (χ3v) is 1.73. The van der Waals surface area contributed by atoms with Gasteiger partial charge in [0.2, 0.25) is 0 Å². The molecule has 0 radical (unpaired) electrons. The van der Waals surface area contributed by atoms with Gasteiger partial charge in [-0.1, -0.05) is 0 Å². The minimum atomic E-state index is -1.57. The van der Waals surface area contributed by atoms with Crippen LogP contribution in [-0.4, -0.2) is 11.1 Å². The lowest BCUT2D eigenvalue weighted by Gasteiger charge is -1.99. The second kappa shape index (κ2) is 4.16. The maximum absolute atomic E-state index is 12.7. The molecule has 2 nitrogen and oxygen atoms in total. The second-order valence-corrected chi connectivity index (χ2v) is 2.93. The Balaban J connectivity index is 3.18. The molecule has 0 spiro atoms. The zero-order chi connectivity index (χ0) is 11.6. The summed E-state index contributed by atoms with van der Waals surface area (Å²) in [5.41, 5.74) is -0.133. The van der Waals surface area contributed by atoms with Crippen LogP contribution < -0.4 is 0 Å². The van der Waals surface area contributed by atoms with E-state index in [4.69, 9.17) is 5.11 Å². The smallest absolute Gasteiger partial charge is 0.331 e. The predicted octanol–water partition coefficient (Wildman–Crippen LogP) is 2.59. The molecule has 0 bridgehead atoms. The van der Waals surface area contributed by atoms with E-state index in [2.05, 4.69) is 0 Å². The number of carboxylic acids is 1. The number of halogens is 3. The number of carbonyl (C=O) groups is 1. The molecule has 0 aliphatic carbocycles. The zero-order valence-corrected chi connectivity index (χ0v) is 7.72. The Bertz CT molecular complexity index is 415. The average Bonchev–Trinajstić information content (AvgIpc) is 2.13. The van der Waals surface area contributed by atoms with Crippen LogP contribution in [0.15, 0.2) is 17.7 Å². The molecule has 80 valence electrons. The fourth-order valence-electron chi connectivity index (χ4n) is 0.970. The molecule has 1 aromatic rings. The lowest BCUT2D eigenvalue weighted by molar-refractivity contribution is -0.132. The number of rotatable bonds is 2. The summed E-state index contributed by atoms with van der Waals surface area (Å²) in [6.45, 7) is 1.27. The summed E-state index contributed by atoms with van der Waals surface area (Å²) >= 11 is 0. The summed E-state index contributed by atoms with van der Waals surface area (Å²) in [5, 5.41) is 8.51. The Morgan fingerprint density at radius 3 is 2.13 bits per heavy atom. The van der Waals surface area contributed by atoms with Crippen molar-refractivity contribution in [1.82, 2.24) is 0 Å². The topological polar surface area (TPSA) is 37.3 Å². The van der Waals surface area contributed by atoms with Crippen molar-refractivity contribution in [3.8, 4) is 0 Å². The average molecular weight is 216 g/mol. The van der Waals surface area contributed by atoms with Crippen LogP contribution in [0.1, 0.15) is 12.5 Å². The van der Waals surface area contributed by atoms with Gasteiger partial charge in [-0.25, -0.2) is 18.0 Å². The van der Waals surface area contributed by atoms with Gasteiger partial charge in [-0.05, 0) is 30.7 Å². The molecule has 0 unspecified atom stereocenters. The summed E-state index contributed by atoms with van der Waals surface area (Å²) in [7, 11) is 0. The normalized spacial score (nSPS) is 11.6. The van der Waals surface area contributed by atoms with E-state index in [-0.39, 0.29) is 11.1 Å². The highest BCUT2D eigenvalue weighted by Crippen LogP contribution is 2.15. The first-order valence-corrected chi connectivity index (χ1v) is 3.98. The molecule has 0 heterocycles. The maximum atomic E-state index is 12.7. The van der Waals surface area contributed by atoms with Crippen molar-refractivity contribution in [1.29, 1.82) is 0 Å². The van der Waals surface area contributed by atoms with Gasteiger partial charge in [0.1, 0.15) is 0 Å². The molecule has 0 aromatic heterocycles. The van der Waals surface area contributed by atoms with Crippen LogP contribution in [-0.2, 0) is 4.79 Å². The second-order valence-electron chi connectivity index (χ2n) is 2.93. The zero-order valence-electron chi connectivity index (χ0n) is 7.72. The van der Waals surface area contributed by atoms with E-state index in [0.717, 1.165) is 18.2 Å². The number of hydrogen-bond acceptors (Lipinski definition) is 1. The van der Waals surface area contributed by atoms with Gasteiger partial charge in [0, 0.05) is 5.57 Å². The summed E-state index contributed by atoms with van der Waals surface area (Å²) in [4.78, 5) is 10.4. The van der Waals surface area contributed by atoms with E-state index in [1.807, 2.05) is 0 Å². The Kier molecular flexibility index (Phi) is 3.14. The molecule has 1 N–H and O–H groups in total. The number of benzene rings is 1. The number of hydrogen-bond donors (Lipinski definition) is 1. The first-order chi connectivity index (χ1) is 6.91. The Hall–Kier alpha value is -1.78. The van der Waals surface area contributed by atoms with Gasteiger partial charge in [0.05, 0.1) is 0 Å². The first kappa shape index (κ1) is 11.3. The highest BCUT2D eigenvalue weighted by atomic mass is 19.2. The third-order valence-electron chi connectivity index (χ3n) is 1.73. The van der Waals surface area contributed by atoms with Crippen molar-refractivity contribution >= 4 is 12.0 Å². The van der Waals surface area contributed by atoms with Crippen LogP contribution in [0.2, 0.25) is 0 Å². The van der Waals surface area contributed by atoms with E-state index in [0.29, 0.717) is 0 Å². The molecule has 0 aliphatic heterocycles. The van der Waals surface area contributed by atoms with Gasteiger partial charge in [0.25, 0.3) is 0 Å². The molecule has 0 saturated heterocycles. The van der Waals surface area contributed by atoms with Crippen LogP contribution in [0.25, 0.3) is 6.08 Å². The van der Waals surface area contributed by atoms with E-state index >= 15 is 0 Å². The van der Waals surface area contributed by atoms with Gasteiger partial charge in [-0.2, -0.15) is 0 Å². The lowest BCUT2D eigenvalue weighted by atomic mass is 10.1. The largest absolute Gasteiger partial charge is 0.478 e. The molecule has 5 heteroatoms. The van der Waals surface area contributed by atoms with Gasteiger partial charge in [-0.3, -0.25) is 0 Å². The quantitative estimate of drug-likeness (QED) is 0.609. The van der Waals surface area contributed by atoms with E-state index < -0.39 is 23.4 Å². The summed E-state index contributed by atoms with van der Waals surface area (Å²) in [6.07, 6.45) is 1.05. The maximum Gasteiger partial charge on any atom is 0.331 e. The molecule has 0 atom stereocenters. The van der Waals surface area contributed by atoms with E-state index in [1.165, 1.54) is 6.92 Å². The minimum Gasteiger partial charge on any atom is -0.478 e. The van der Waals surface area contributed by atoms with Crippen molar-refractivity contribution in [2.45, 2.75) is 6.92 Å². The van der Waals surface area contributed by atoms with Crippen LogP contribution in [0, 0.1) is 17.5 Å². The Labute approximate surface area is 83.7 Å². The van der Waals surface area contributed by atoms with Gasteiger partial charge in [0.15, 0.2) is 17.5 Å². The third kappa shape index (κ3) is 2.59. The van der Waals surface area contributed by atoms with Crippen LogP contribution in [0.3, 0.4) is 0 Å².